The van der Waals surface area contributed by atoms with Crippen LogP contribution in [-0.2, 0) is 0 Å². The summed E-state index contributed by atoms with van der Waals surface area (Å²) in [6, 6.07) is 6.08. The lowest BCUT2D eigenvalue weighted by molar-refractivity contribution is 0.0649. The molecule has 1 unspecified atom stereocenters. The van der Waals surface area contributed by atoms with E-state index in [-0.39, 0.29) is 17.8 Å². The lowest BCUT2D eigenvalue weighted by Gasteiger charge is -2.34. The molecule has 0 aromatic heterocycles. The Morgan fingerprint density at radius 1 is 1.42 bits per heavy atom. The van der Waals surface area contributed by atoms with Crippen LogP contribution in [0.1, 0.15) is 36.5 Å². The van der Waals surface area contributed by atoms with E-state index >= 15 is 0 Å². The summed E-state index contributed by atoms with van der Waals surface area (Å²) in [5.74, 6) is -0.298. The van der Waals surface area contributed by atoms with E-state index < -0.39 is 0 Å². The Morgan fingerprint density at radius 3 is 2.74 bits per heavy atom. The van der Waals surface area contributed by atoms with Crippen LogP contribution in [0.5, 0.6) is 0 Å². The van der Waals surface area contributed by atoms with Gasteiger partial charge < -0.3 is 10.2 Å². The van der Waals surface area contributed by atoms with Crippen molar-refractivity contribution in [3.63, 3.8) is 0 Å². The molecular weight excluding hydrogens is 243 g/mol. The second-order valence-corrected chi connectivity index (χ2v) is 5.01. The number of carbonyl (C=O) groups excluding carboxylic acids is 1. The summed E-state index contributed by atoms with van der Waals surface area (Å²) in [5.41, 5.74) is 0.570. The lowest BCUT2D eigenvalue weighted by Crippen LogP contribution is -2.49. The fourth-order valence-corrected chi connectivity index (χ4v) is 2.55. The van der Waals surface area contributed by atoms with Crippen LogP contribution in [0.4, 0.5) is 4.39 Å². The van der Waals surface area contributed by atoms with Crippen LogP contribution in [0.2, 0.25) is 0 Å². The zero-order chi connectivity index (χ0) is 13.7. The molecule has 2 rings (SSSR count). The van der Waals surface area contributed by atoms with Crippen LogP contribution in [0, 0.1) is 5.82 Å². The summed E-state index contributed by atoms with van der Waals surface area (Å²) < 4.78 is 12.9. The number of rotatable bonds is 4. The summed E-state index contributed by atoms with van der Waals surface area (Å²) >= 11 is 0. The Morgan fingerprint density at radius 2 is 2.16 bits per heavy atom. The number of benzene rings is 1. The number of halogens is 1. The molecule has 1 aliphatic heterocycles. The fraction of sp³-hybridized carbons (Fsp3) is 0.533. The summed E-state index contributed by atoms with van der Waals surface area (Å²) in [7, 11) is 0. The third kappa shape index (κ3) is 3.53. The third-order valence-corrected chi connectivity index (χ3v) is 3.53. The highest BCUT2D eigenvalue weighted by atomic mass is 19.1. The first-order chi connectivity index (χ1) is 9.22. The van der Waals surface area contributed by atoms with Crippen molar-refractivity contribution >= 4 is 5.91 Å². The highest BCUT2D eigenvalue weighted by molar-refractivity contribution is 5.94. The van der Waals surface area contributed by atoms with Crippen molar-refractivity contribution in [2.75, 3.05) is 19.6 Å². The van der Waals surface area contributed by atoms with E-state index in [4.69, 9.17) is 0 Å². The van der Waals surface area contributed by atoms with Gasteiger partial charge in [-0.3, -0.25) is 4.79 Å². The molecule has 0 saturated carbocycles. The largest absolute Gasteiger partial charge is 0.334 e. The van der Waals surface area contributed by atoms with Gasteiger partial charge in [0.25, 0.3) is 5.91 Å². The molecule has 104 valence electrons. The predicted octanol–water partition coefficient (Wildman–Crippen LogP) is 2.43. The molecule has 19 heavy (non-hydrogen) atoms. The number of nitrogens with one attached hydrogen (secondary N) is 1. The number of piperidine rings is 1. The van der Waals surface area contributed by atoms with E-state index in [0.717, 1.165) is 38.9 Å². The van der Waals surface area contributed by atoms with E-state index in [2.05, 4.69) is 12.2 Å². The molecule has 1 N–H and O–H groups in total. The van der Waals surface area contributed by atoms with Gasteiger partial charge in [-0.15, -0.1) is 0 Å². The van der Waals surface area contributed by atoms with Crippen molar-refractivity contribution in [1.82, 2.24) is 10.2 Å². The molecule has 4 heteroatoms. The van der Waals surface area contributed by atoms with Crippen molar-refractivity contribution in [1.29, 1.82) is 0 Å². The van der Waals surface area contributed by atoms with Crippen LogP contribution < -0.4 is 5.32 Å². The topological polar surface area (TPSA) is 32.3 Å². The average molecular weight is 264 g/mol. The van der Waals surface area contributed by atoms with E-state index in [1.807, 2.05) is 4.90 Å². The maximum absolute atomic E-state index is 12.9. The molecule has 1 fully saturated rings. The molecule has 3 nitrogen and oxygen atoms in total. The minimum Gasteiger partial charge on any atom is -0.334 e. The molecule has 1 aromatic rings. The number of carbonyl (C=O) groups is 1. The molecule has 1 aromatic carbocycles. The van der Waals surface area contributed by atoms with Gasteiger partial charge in [-0.1, -0.05) is 6.92 Å². The van der Waals surface area contributed by atoms with E-state index in [9.17, 15) is 9.18 Å². The molecular formula is C15H21FN2O. The Kier molecular flexibility index (Phi) is 4.91. The summed E-state index contributed by atoms with van der Waals surface area (Å²) in [4.78, 5) is 14.5. The molecule has 0 bridgehead atoms. The minimum atomic E-state index is -0.307. The molecule has 0 aliphatic carbocycles. The normalized spacial score (nSPS) is 19.2. The van der Waals surface area contributed by atoms with Gasteiger partial charge in [-0.2, -0.15) is 0 Å². The van der Waals surface area contributed by atoms with Crippen LogP contribution in [0.3, 0.4) is 0 Å². The first-order valence-corrected chi connectivity index (χ1v) is 6.99. The van der Waals surface area contributed by atoms with Crippen LogP contribution in [0.15, 0.2) is 24.3 Å². The number of hydrogen-bond donors (Lipinski definition) is 1. The highest BCUT2D eigenvalue weighted by Crippen LogP contribution is 2.15. The smallest absolute Gasteiger partial charge is 0.254 e. The lowest BCUT2D eigenvalue weighted by atomic mass is 10.0. The highest BCUT2D eigenvalue weighted by Gasteiger charge is 2.25. The van der Waals surface area contributed by atoms with Gasteiger partial charge in [0.2, 0.25) is 0 Å². The van der Waals surface area contributed by atoms with Gasteiger partial charge in [0.05, 0.1) is 0 Å². The molecule has 1 aliphatic rings. The predicted molar refractivity (Wildman–Crippen MR) is 73.6 cm³/mol. The van der Waals surface area contributed by atoms with E-state index in [0.29, 0.717) is 5.56 Å². The maximum atomic E-state index is 12.9. The standard InChI is InChI=1S/C15H21FN2O/c1-2-10-18(14-4-3-9-17-11-14)15(19)12-5-7-13(16)8-6-12/h5-8,14,17H,2-4,9-11H2,1H3. The first-order valence-electron chi connectivity index (χ1n) is 6.99. The number of amides is 1. The first kappa shape index (κ1) is 14.0. The fourth-order valence-electron chi connectivity index (χ4n) is 2.55. The van der Waals surface area contributed by atoms with Gasteiger partial charge >= 0.3 is 0 Å². The van der Waals surface area contributed by atoms with Crippen molar-refractivity contribution in [3.05, 3.63) is 35.6 Å². The molecule has 0 radical (unpaired) electrons. The van der Waals surface area contributed by atoms with Crippen molar-refractivity contribution in [2.24, 2.45) is 0 Å². The average Bonchev–Trinajstić information content (AvgIpc) is 2.46. The Balaban J connectivity index is 2.13. The quantitative estimate of drug-likeness (QED) is 0.906. The van der Waals surface area contributed by atoms with Gasteiger partial charge in [-0.05, 0) is 50.1 Å². The SMILES string of the molecule is CCCN(C(=O)c1ccc(F)cc1)C1CCCNC1. The van der Waals surface area contributed by atoms with Crippen molar-refractivity contribution in [2.45, 2.75) is 32.2 Å². The van der Waals surface area contributed by atoms with Crippen LogP contribution in [0.25, 0.3) is 0 Å². The minimum absolute atomic E-state index is 0.00977. The Labute approximate surface area is 113 Å². The van der Waals surface area contributed by atoms with Gasteiger partial charge in [0.15, 0.2) is 0 Å². The van der Waals surface area contributed by atoms with Crippen LogP contribution in [-0.4, -0.2) is 36.5 Å². The van der Waals surface area contributed by atoms with E-state index in [1.54, 1.807) is 12.1 Å². The molecule has 1 heterocycles. The van der Waals surface area contributed by atoms with E-state index in [1.165, 1.54) is 12.1 Å². The van der Waals surface area contributed by atoms with Crippen LogP contribution >= 0.6 is 0 Å². The van der Waals surface area contributed by atoms with Gasteiger partial charge in [0, 0.05) is 24.7 Å². The molecule has 1 amide bonds. The third-order valence-electron chi connectivity index (χ3n) is 3.53. The van der Waals surface area contributed by atoms with Gasteiger partial charge in [-0.25, -0.2) is 4.39 Å². The van der Waals surface area contributed by atoms with Gasteiger partial charge in [0.1, 0.15) is 5.82 Å². The summed E-state index contributed by atoms with van der Waals surface area (Å²) in [6.45, 7) is 4.71. The zero-order valence-corrected chi connectivity index (χ0v) is 11.4. The van der Waals surface area contributed by atoms with Crippen molar-refractivity contribution < 1.29 is 9.18 Å². The summed E-state index contributed by atoms with van der Waals surface area (Å²) in [5, 5.41) is 3.34. The summed E-state index contributed by atoms with van der Waals surface area (Å²) in [6.07, 6.45) is 3.07. The molecule has 1 atom stereocenters. The maximum Gasteiger partial charge on any atom is 0.254 e. The molecule has 1 saturated heterocycles. The number of nitrogens with zero attached hydrogens (tertiary/aromatic N) is 1. The Hall–Kier alpha value is -1.42. The van der Waals surface area contributed by atoms with Crippen molar-refractivity contribution in [3.8, 4) is 0 Å². The molecule has 0 spiro atoms. The second-order valence-electron chi connectivity index (χ2n) is 5.01. The zero-order valence-electron chi connectivity index (χ0n) is 11.4. The monoisotopic (exact) mass is 264 g/mol. The number of hydrogen-bond acceptors (Lipinski definition) is 2. The Bertz CT molecular complexity index is 413. The second kappa shape index (κ2) is 6.66.